The number of nitrogens with one attached hydrogen (secondary N) is 1. The van der Waals surface area contributed by atoms with E-state index in [0.29, 0.717) is 5.75 Å². The summed E-state index contributed by atoms with van der Waals surface area (Å²) >= 11 is 0. The molecule has 1 aromatic rings. The average Bonchev–Trinajstić information content (AvgIpc) is 2.27. The molecule has 0 aliphatic rings. The average molecular weight is 290 g/mol. The van der Waals surface area contributed by atoms with Gasteiger partial charge in [-0.1, -0.05) is 41.5 Å². The third-order valence-electron chi connectivity index (χ3n) is 3.18. The molecule has 1 aromatic carbocycles. The molecular formula is C17H26N2O2. The normalized spacial score (nSPS) is 12.7. The summed E-state index contributed by atoms with van der Waals surface area (Å²) in [6.07, 6.45) is 1.60. The van der Waals surface area contributed by atoms with E-state index in [2.05, 4.69) is 52.1 Å². The lowest BCUT2D eigenvalue weighted by Crippen LogP contribution is -2.18. The minimum atomic E-state index is -0.211. The SMILES string of the molecule is CC(=O)N/N=C/c1cc(C(C)(C)C)c(O)c(C(C)(C)C)c1. The van der Waals surface area contributed by atoms with E-state index in [4.69, 9.17) is 0 Å². The van der Waals surface area contributed by atoms with Gasteiger partial charge in [0.2, 0.25) is 5.91 Å². The van der Waals surface area contributed by atoms with Crippen molar-refractivity contribution in [1.82, 2.24) is 5.43 Å². The molecule has 0 unspecified atom stereocenters. The lowest BCUT2D eigenvalue weighted by atomic mass is 9.78. The number of rotatable bonds is 2. The second kappa shape index (κ2) is 5.88. The predicted octanol–water partition coefficient (Wildman–Crippen LogP) is 3.46. The largest absolute Gasteiger partial charge is 0.507 e. The molecule has 0 aliphatic carbocycles. The number of aromatic hydroxyl groups is 1. The highest BCUT2D eigenvalue weighted by molar-refractivity contribution is 5.83. The quantitative estimate of drug-likeness (QED) is 0.647. The van der Waals surface area contributed by atoms with Gasteiger partial charge in [-0.25, -0.2) is 5.43 Å². The monoisotopic (exact) mass is 290 g/mol. The molecule has 0 saturated heterocycles. The van der Waals surface area contributed by atoms with Gasteiger partial charge in [-0.3, -0.25) is 4.79 Å². The van der Waals surface area contributed by atoms with Crippen molar-refractivity contribution in [2.24, 2.45) is 5.10 Å². The molecule has 1 amide bonds. The van der Waals surface area contributed by atoms with E-state index in [0.717, 1.165) is 16.7 Å². The van der Waals surface area contributed by atoms with Crippen LogP contribution in [0.1, 0.15) is 65.2 Å². The van der Waals surface area contributed by atoms with Crippen LogP contribution >= 0.6 is 0 Å². The number of hydrogen-bond donors (Lipinski definition) is 2. The van der Waals surface area contributed by atoms with Gasteiger partial charge in [-0.05, 0) is 28.5 Å². The minimum Gasteiger partial charge on any atom is -0.507 e. The fourth-order valence-electron chi connectivity index (χ4n) is 2.07. The molecule has 2 N–H and O–H groups in total. The van der Waals surface area contributed by atoms with Crippen LogP contribution in [0.15, 0.2) is 17.2 Å². The molecule has 4 nitrogen and oxygen atoms in total. The first-order valence-corrected chi connectivity index (χ1v) is 7.10. The third-order valence-corrected chi connectivity index (χ3v) is 3.18. The number of nitrogens with zero attached hydrogens (tertiary/aromatic N) is 1. The Bertz CT molecular complexity index is 526. The second-order valence-corrected chi connectivity index (χ2v) is 7.39. The van der Waals surface area contributed by atoms with Crippen molar-refractivity contribution in [3.63, 3.8) is 0 Å². The number of benzene rings is 1. The van der Waals surface area contributed by atoms with E-state index in [1.807, 2.05) is 12.1 Å². The van der Waals surface area contributed by atoms with E-state index in [1.54, 1.807) is 6.21 Å². The Kier molecular flexibility index (Phi) is 4.82. The zero-order valence-corrected chi connectivity index (χ0v) is 14.0. The summed E-state index contributed by atoms with van der Waals surface area (Å²) in [5.41, 5.74) is 4.64. The summed E-state index contributed by atoms with van der Waals surface area (Å²) in [4.78, 5) is 10.9. The smallest absolute Gasteiger partial charge is 0.236 e. The van der Waals surface area contributed by atoms with E-state index in [-0.39, 0.29) is 16.7 Å². The fraction of sp³-hybridized carbons (Fsp3) is 0.529. The van der Waals surface area contributed by atoms with Gasteiger partial charge in [-0.15, -0.1) is 0 Å². The van der Waals surface area contributed by atoms with Crippen LogP contribution in [0.2, 0.25) is 0 Å². The van der Waals surface area contributed by atoms with Crippen LogP contribution in [-0.4, -0.2) is 17.2 Å². The molecular weight excluding hydrogens is 264 g/mol. The molecule has 0 bridgehead atoms. The van der Waals surface area contributed by atoms with Crippen LogP contribution in [0.3, 0.4) is 0 Å². The van der Waals surface area contributed by atoms with Gasteiger partial charge in [0.05, 0.1) is 6.21 Å². The number of carbonyl (C=O) groups excluding carboxylic acids is 1. The predicted molar refractivity (Wildman–Crippen MR) is 86.9 cm³/mol. The summed E-state index contributed by atoms with van der Waals surface area (Å²) < 4.78 is 0. The van der Waals surface area contributed by atoms with E-state index >= 15 is 0 Å². The fourth-order valence-corrected chi connectivity index (χ4v) is 2.07. The van der Waals surface area contributed by atoms with Crippen molar-refractivity contribution < 1.29 is 9.90 Å². The molecule has 0 atom stereocenters. The van der Waals surface area contributed by atoms with Crippen molar-refractivity contribution >= 4 is 12.1 Å². The van der Waals surface area contributed by atoms with Crippen LogP contribution in [0.5, 0.6) is 5.75 Å². The maximum Gasteiger partial charge on any atom is 0.236 e. The number of phenols is 1. The number of amides is 1. The number of carbonyl (C=O) groups is 1. The Morgan fingerprint density at radius 2 is 1.52 bits per heavy atom. The van der Waals surface area contributed by atoms with Crippen LogP contribution < -0.4 is 5.43 Å². The van der Waals surface area contributed by atoms with Gasteiger partial charge >= 0.3 is 0 Å². The van der Waals surface area contributed by atoms with E-state index < -0.39 is 0 Å². The van der Waals surface area contributed by atoms with Crippen molar-refractivity contribution in [3.05, 3.63) is 28.8 Å². The molecule has 21 heavy (non-hydrogen) atoms. The van der Waals surface area contributed by atoms with E-state index in [1.165, 1.54) is 6.92 Å². The minimum absolute atomic E-state index is 0.179. The van der Waals surface area contributed by atoms with Gasteiger partial charge in [0.25, 0.3) is 0 Å². The van der Waals surface area contributed by atoms with Crippen molar-refractivity contribution in [2.45, 2.75) is 59.3 Å². The van der Waals surface area contributed by atoms with E-state index in [9.17, 15) is 9.90 Å². The molecule has 0 radical (unpaired) electrons. The summed E-state index contributed by atoms with van der Waals surface area (Å²) in [6, 6.07) is 3.83. The lowest BCUT2D eigenvalue weighted by Gasteiger charge is -2.27. The zero-order valence-electron chi connectivity index (χ0n) is 14.0. The molecule has 0 heterocycles. The molecule has 0 aliphatic heterocycles. The highest BCUT2D eigenvalue weighted by atomic mass is 16.3. The maximum atomic E-state index is 10.9. The number of hydrazone groups is 1. The van der Waals surface area contributed by atoms with Gasteiger partial charge in [0.15, 0.2) is 0 Å². The van der Waals surface area contributed by atoms with Crippen molar-refractivity contribution in [1.29, 1.82) is 0 Å². The molecule has 4 heteroatoms. The molecule has 0 aromatic heterocycles. The van der Waals surface area contributed by atoms with Crippen molar-refractivity contribution in [2.75, 3.05) is 0 Å². The Morgan fingerprint density at radius 1 is 1.10 bits per heavy atom. The van der Waals surface area contributed by atoms with Gasteiger partial charge in [-0.2, -0.15) is 5.10 Å². The first-order valence-electron chi connectivity index (χ1n) is 7.10. The molecule has 0 spiro atoms. The second-order valence-electron chi connectivity index (χ2n) is 7.39. The van der Waals surface area contributed by atoms with Crippen LogP contribution in [-0.2, 0) is 15.6 Å². The van der Waals surface area contributed by atoms with Crippen molar-refractivity contribution in [3.8, 4) is 5.75 Å². The highest BCUT2D eigenvalue weighted by Crippen LogP contribution is 2.39. The lowest BCUT2D eigenvalue weighted by molar-refractivity contribution is -0.118. The van der Waals surface area contributed by atoms with Gasteiger partial charge < -0.3 is 5.11 Å². The summed E-state index contributed by atoms with van der Waals surface area (Å²) in [7, 11) is 0. The first kappa shape index (κ1) is 17.2. The standard InChI is InChI=1S/C17H26N2O2/c1-11(20)19-18-10-12-8-13(16(2,3)4)15(21)14(9-12)17(5,6)7/h8-10,21H,1-7H3,(H,19,20)/b18-10+. The first-order chi connectivity index (χ1) is 9.43. The summed E-state index contributed by atoms with van der Waals surface area (Å²) in [5, 5.41) is 14.5. The molecule has 0 saturated carbocycles. The molecule has 116 valence electrons. The van der Waals surface area contributed by atoms with Crippen LogP contribution in [0.4, 0.5) is 0 Å². The van der Waals surface area contributed by atoms with Crippen LogP contribution in [0, 0.1) is 0 Å². The highest BCUT2D eigenvalue weighted by Gasteiger charge is 2.26. The Hall–Kier alpha value is -1.84. The Balaban J connectivity index is 3.41. The number of phenolic OH excluding ortho intramolecular Hbond substituents is 1. The molecule has 1 rings (SSSR count). The maximum absolute atomic E-state index is 10.9. The van der Waals surface area contributed by atoms with Gasteiger partial charge in [0, 0.05) is 18.1 Å². The number of hydrogen-bond acceptors (Lipinski definition) is 3. The third kappa shape index (κ3) is 4.59. The summed E-state index contributed by atoms with van der Waals surface area (Å²) in [5.74, 6) is 0.129. The topological polar surface area (TPSA) is 61.7 Å². The Labute approximate surface area is 127 Å². The van der Waals surface area contributed by atoms with Gasteiger partial charge in [0.1, 0.15) is 5.75 Å². The Morgan fingerprint density at radius 3 is 1.86 bits per heavy atom. The molecule has 0 fully saturated rings. The van der Waals surface area contributed by atoms with Crippen LogP contribution in [0.25, 0.3) is 0 Å². The zero-order chi connectivity index (χ0) is 16.4. The summed E-state index contributed by atoms with van der Waals surface area (Å²) in [6.45, 7) is 13.8.